The van der Waals surface area contributed by atoms with E-state index in [0.29, 0.717) is 21.7 Å². The summed E-state index contributed by atoms with van der Waals surface area (Å²) in [6, 6.07) is 6.95. The van der Waals surface area contributed by atoms with Crippen LogP contribution in [0.5, 0.6) is 0 Å². The second kappa shape index (κ2) is 10.7. The third-order valence-electron chi connectivity index (χ3n) is 7.33. The number of alkyl halides is 3. The number of halogens is 4. The number of benzene rings is 2. The first-order valence-corrected chi connectivity index (χ1v) is 12.8. The summed E-state index contributed by atoms with van der Waals surface area (Å²) in [5.41, 5.74) is -0.449. The molecular weight excluding hydrogens is 562 g/mol. The lowest BCUT2D eigenvalue weighted by Crippen LogP contribution is -2.51. The minimum Gasteiger partial charge on any atom is -0.332 e. The van der Waals surface area contributed by atoms with Gasteiger partial charge in [-0.25, -0.2) is 4.39 Å². The Morgan fingerprint density at radius 1 is 1.17 bits per heavy atom. The second-order valence-corrected chi connectivity index (χ2v) is 10.2. The van der Waals surface area contributed by atoms with Crippen LogP contribution in [0.25, 0.3) is 0 Å². The number of ketones is 1. The maximum Gasteiger partial charge on any atom is 0.408 e. The lowest BCUT2D eigenvalue weighted by Gasteiger charge is -2.32. The zero-order valence-electron chi connectivity index (χ0n) is 22.4. The van der Waals surface area contributed by atoms with Crippen LogP contribution in [-0.4, -0.2) is 68.6 Å². The van der Waals surface area contributed by atoms with Crippen molar-refractivity contribution >= 4 is 29.2 Å². The van der Waals surface area contributed by atoms with Crippen molar-refractivity contribution in [2.45, 2.75) is 37.7 Å². The first-order valence-electron chi connectivity index (χ1n) is 12.8. The standard InChI is InChI=1S/C28H25F4N5O5/c1-16(28(30,31)32)37(12-17-3-5-20(29)6-4-17)24(39)14-36-15-42-27(26(36)41)22-8-7-21(9-18(22)10-23(27)38)34-25(40)19-11-33-35(2)13-19/h3-9,11,13,16H,10,12,14-15H2,1-2H3,(H,34,40)/t16?,27-/m1/s1. The first kappa shape index (κ1) is 28.9. The molecule has 3 aromatic rings. The molecule has 2 atom stereocenters. The molecule has 1 fully saturated rings. The number of nitrogens with zero attached hydrogens (tertiary/aromatic N) is 4. The van der Waals surface area contributed by atoms with Gasteiger partial charge in [-0.15, -0.1) is 0 Å². The fourth-order valence-electron chi connectivity index (χ4n) is 5.04. The molecule has 0 saturated carbocycles. The van der Waals surface area contributed by atoms with Crippen LogP contribution in [0.4, 0.5) is 23.2 Å². The van der Waals surface area contributed by atoms with Crippen molar-refractivity contribution in [3.05, 3.63) is 82.9 Å². The summed E-state index contributed by atoms with van der Waals surface area (Å²) in [5.74, 6) is -3.52. The molecular formula is C28H25F4N5O5. The summed E-state index contributed by atoms with van der Waals surface area (Å²) in [5, 5.41) is 6.64. The normalized spacial score (nSPS) is 18.9. The number of anilines is 1. The molecule has 1 N–H and O–H groups in total. The Morgan fingerprint density at radius 3 is 2.52 bits per heavy atom. The highest BCUT2D eigenvalue weighted by Crippen LogP contribution is 2.43. The topological polar surface area (TPSA) is 114 Å². The van der Waals surface area contributed by atoms with Gasteiger partial charge in [-0.05, 0) is 42.3 Å². The molecule has 2 aromatic carbocycles. The van der Waals surface area contributed by atoms with Crippen molar-refractivity contribution < 1.29 is 41.5 Å². The number of rotatable bonds is 7. The molecule has 1 aliphatic carbocycles. The summed E-state index contributed by atoms with van der Waals surface area (Å²) < 4.78 is 61.4. The Bertz CT molecular complexity index is 1570. The number of Topliss-reactive ketones (excluding diaryl/α,β-unsaturated/α-hetero) is 1. The van der Waals surface area contributed by atoms with E-state index in [1.54, 1.807) is 7.05 Å². The van der Waals surface area contributed by atoms with Crippen molar-refractivity contribution in [3.63, 3.8) is 0 Å². The van der Waals surface area contributed by atoms with Crippen LogP contribution in [-0.2, 0) is 44.7 Å². The van der Waals surface area contributed by atoms with Gasteiger partial charge < -0.3 is 19.9 Å². The highest BCUT2D eigenvalue weighted by molar-refractivity contribution is 6.15. The third-order valence-corrected chi connectivity index (χ3v) is 7.33. The Labute approximate surface area is 236 Å². The van der Waals surface area contributed by atoms with E-state index in [0.717, 1.165) is 24.0 Å². The highest BCUT2D eigenvalue weighted by atomic mass is 19.4. The third kappa shape index (κ3) is 5.24. The SMILES string of the molecule is CC(N(Cc1ccc(F)cc1)C(=O)CN1CO[C@]2(C(=O)Cc3cc(NC(=O)c4cnn(C)c4)ccc32)C1=O)C(F)(F)F. The van der Waals surface area contributed by atoms with Crippen LogP contribution in [0.2, 0.25) is 0 Å². The van der Waals surface area contributed by atoms with Gasteiger partial charge in [-0.3, -0.25) is 23.9 Å². The maximum absolute atomic E-state index is 13.6. The summed E-state index contributed by atoms with van der Waals surface area (Å²) in [6.07, 6.45) is -2.05. The van der Waals surface area contributed by atoms with Crippen molar-refractivity contribution in [1.82, 2.24) is 19.6 Å². The molecule has 2 aliphatic rings. The summed E-state index contributed by atoms with van der Waals surface area (Å²) in [7, 11) is 1.66. The van der Waals surface area contributed by atoms with Crippen molar-refractivity contribution in [2.24, 2.45) is 7.05 Å². The predicted octanol–water partition coefficient (Wildman–Crippen LogP) is 2.93. The molecule has 2 heterocycles. The smallest absolute Gasteiger partial charge is 0.332 e. The fourth-order valence-corrected chi connectivity index (χ4v) is 5.04. The van der Waals surface area contributed by atoms with Gasteiger partial charge in [0.1, 0.15) is 25.1 Å². The van der Waals surface area contributed by atoms with E-state index in [2.05, 4.69) is 10.4 Å². The second-order valence-electron chi connectivity index (χ2n) is 10.2. The molecule has 0 bridgehead atoms. The Kier molecular flexibility index (Phi) is 7.35. The largest absolute Gasteiger partial charge is 0.408 e. The zero-order valence-corrected chi connectivity index (χ0v) is 22.4. The van der Waals surface area contributed by atoms with E-state index in [-0.39, 0.29) is 17.5 Å². The highest BCUT2D eigenvalue weighted by Gasteiger charge is 2.59. The fraction of sp³-hybridized carbons (Fsp3) is 0.321. The number of aryl methyl sites for hydroxylation is 1. The minimum atomic E-state index is -4.77. The van der Waals surface area contributed by atoms with Crippen molar-refractivity contribution in [2.75, 3.05) is 18.6 Å². The molecule has 5 rings (SSSR count). The van der Waals surface area contributed by atoms with Gasteiger partial charge >= 0.3 is 6.18 Å². The molecule has 1 aliphatic heterocycles. The van der Waals surface area contributed by atoms with Gasteiger partial charge in [0.2, 0.25) is 11.5 Å². The van der Waals surface area contributed by atoms with Crippen LogP contribution in [0.3, 0.4) is 0 Å². The Balaban J connectivity index is 1.34. The zero-order chi connectivity index (χ0) is 30.4. The summed E-state index contributed by atoms with van der Waals surface area (Å²) in [6.45, 7) is -0.945. The average Bonchev–Trinajstić information content (AvgIpc) is 3.59. The van der Waals surface area contributed by atoms with E-state index in [9.17, 15) is 36.7 Å². The molecule has 1 unspecified atom stereocenters. The van der Waals surface area contributed by atoms with Gasteiger partial charge in [0.05, 0.1) is 11.8 Å². The predicted molar refractivity (Wildman–Crippen MR) is 138 cm³/mol. The lowest BCUT2D eigenvalue weighted by atomic mass is 9.94. The molecule has 220 valence electrons. The average molecular weight is 588 g/mol. The molecule has 0 radical (unpaired) electrons. The van der Waals surface area contributed by atoms with Gasteiger partial charge in [0.25, 0.3) is 11.8 Å². The number of ether oxygens (including phenoxy) is 1. The Hall–Kier alpha value is -4.59. The number of hydrogen-bond acceptors (Lipinski definition) is 6. The quantitative estimate of drug-likeness (QED) is 0.336. The summed E-state index contributed by atoms with van der Waals surface area (Å²) in [4.78, 5) is 53.8. The van der Waals surface area contributed by atoms with Crippen LogP contribution in [0, 0.1) is 5.82 Å². The number of amides is 3. The first-order chi connectivity index (χ1) is 19.8. The number of carbonyl (C=O) groups is 4. The minimum absolute atomic E-state index is 0.193. The molecule has 14 heteroatoms. The van der Waals surface area contributed by atoms with Crippen molar-refractivity contribution in [1.29, 1.82) is 0 Å². The van der Waals surface area contributed by atoms with Crippen LogP contribution < -0.4 is 5.32 Å². The number of aromatic nitrogens is 2. The monoisotopic (exact) mass is 587 g/mol. The number of carbonyl (C=O) groups excluding carboxylic acids is 4. The van der Waals surface area contributed by atoms with Crippen molar-refractivity contribution in [3.8, 4) is 0 Å². The van der Waals surface area contributed by atoms with E-state index in [1.807, 2.05) is 0 Å². The van der Waals surface area contributed by atoms with E-state index in [4.69, 9.17) is 4.74 Å². The number of fused-ring (bicyclic) bond motifs is 2. The van der Waals surface area contributed by atoms with Crippen LogP contribution in [0.15, 0.2) is 54.9 Å². The molecule has 10 nitrogen and oxygen atoms in total. The lowest BCUT2D eigenvalue weighted by molar-refractivity contribution is -0.187. The van der Waals surface area contributed by atoms with Gasteiger partial charge in [-0.1, -0.05) is 18.2 Å². The molecule has 3 amide bonds. The molecule has 1 saturated heterocycles. The van der Waals surface area contributed by atoms with Gasteiger partial charge in [0, 0.05) is 37.5 Å². The van der Waals surface area contributed by atoms with E-state index < -0.39 is 67.0 Å². The van der Waals surface area contributed by atoms with Gasteiger partial charge in [0.15, 0.2) is 5.78 Å². The molecule has 42 heavy (non-hydrogen) atoms. The van der Waals surface area contributed by atoms with E-state index in [1.165, 1.54) is 47.4 Å². The van der Waals surface area contributed by atoms with Crippen LogP contribution in [0.1, 0.15) is 34.0 Å². The Morgan fingerprint density at radius 2 is 1.88 bits per heavy atom. The molecule has 1 aromatic heterocycles. The number of nitrogens with one attached hydrogen (secondary N) is 1. The van der Waals surface area contributed by atoms with E-state index >= 15 is 0 Å². The summed E-state index contributed by atoms with van der Waals surface area (Å²) >= 11 is 0. The molecule has 1 spiro atoms. The van der Waals surface area contributed by atoms with Crippen LogP contribution >= 0.6 is 0 Å². The number of hydrogen-bond donors (Lipinski definition) is 1. The van der Waals surface area contributed by atoms with Gasteiger partial charge in [-0.2, -0.15) is 18.3 Å². The maximum atomic E-state index is 13.6.